The molecule has 0 aliphatic rings. The van der Waals surface area contributed by atoms with Crippen LogP contribution in [0, 0.1) is 0 Å². The van der Waals surface area contributed by atoms with Crippen molar-refractivity contribution in [2.75, 3.05) is 6.61 Å². The summed E-state index contributed by atoms with van der Waals surface area (Å²) in [6.45, 7) is 2.38. The number of phenolic OH excluding ortho intramolecular Hbond substituents is 1. The lowest BCUT2D eigenvalue weighted by Crippen LogP contribution is -2.05. The van der Waals surface area contributed by atoms with Crippen LogP contribution in [0.5, 0.6) is 5.75 Å². The van der Waals surface area contributed by atoms with Crippen LogP contribution < -0.4 is 0 Å². The van der Waals surface area contributed by atoms with Crippen LogP contribution in [0.3, 0.4) is 0 Å². The van der Waals surface area contributed by atoms with E-state index < -0.39 is 0 Å². The van der Waals surface area contributed by atoms with Crippen LogP contribution in [-0.4, -0.2) is 17.7 Å². The minimum absolute atomic E-state index is 0.143. The number of unbranched alkanes of at least 4 members (excludes halogenated alkanes) is 1. The third-order valence-electron chi connectivity index (χ3n) is 2.09. The summed E-state index contributed by atoms with van der Waals surface area (Å²) in [6.07, 6.45) is 5.75. The molecule has 0 aliphatic carbocycles. The number of phenols is 1. The van der Waals surface area contributed by atoms with Crippen LogP contribution >= 0.6 is 0 Å². The zero-order valence-corrected chi connectivity index (χ0v) is 9.35. The highest BCUT2D eigenvalue weighted by molar-refractivity contribution is 5.89. The number of carbonyl (C=O) groups is 1. The molecule has 3 nitrogen and oxygen atoms in total. The number of hydrogen-bond acceptors (Lipinski definition) is 3. The van der Waals surface area contributed by atoms with E-state index >= 15 is 0 Å². The first-order chi connectivity index (χ1) is 7.74. The summed E-state index contributed by atoms with van der Waals surface area (Å²) in [5, 5.41) is 9.05. The first-order valence-corrected chi connectivity index (χ1v) is 5.31. The lowest BCUT2D eigenvalue weighted by Gasteiger charge is -2.03. The van der Waals surface area contributed by atoms with Gasteiger partial charge in [-0.05, 0) is 44.0 Å². The first-order valence-electron chi connectivity index (χ1n) is 5.31. The Balaban J connectivity index is 2.32. The topological polar surface area (TPSA) is 46.5 Å². The molecule has 16 heavy (non-hydrogen) atoms. The van der Waals surface area contributed by atoms with Crippen molar-refractivity contribution in [3.8, 4) is 5.75 Å². The van der Waals surface area contributed by atoms with Crippen LogP contribution in [0.25, 0.3) is 0 Å². The zero-order chi connectivity index (χ0) is 11.8. The Labute approximate surface area is 95.4 Å². The lowest BCUT2D eigenvalue weighted by atomic mass is 10.2. The van der Waals surface area contributed by atoms with Gasteiger partial charge in [-0.15, -0.1) is 0 Å². The lowest BCUT2D eigenvalue weighted by molar-refractivity contribution is 0.0501. The number of rotatable bonds is 5. The zero-order valence-electron chi connectivity index (χ0n) is 9.35. The smallest absolute Gasteiger partial charge is 0.338 e. The van der Waals surface area contributed by atoms with E-state index in [2.05, 4.69) is 0 Å². The van der Waals surface area contributed by atoms with Gasteiger partial charge in [-0.3, -0.25) is 0 Å². The summed E-state index contributed by atoms with van der Waals surface area (Å²) in [5.74, 6) is -0.204. The van der Waals surface area contributed by atoms with Gasteiger partial charge in [-0.2, -0.15) is 0 Å². The molecule has 3 heteroatoms. The second-order valence-electron chi connectivity index (χ2n) is 3.39. The third kappa shape index (κ3) is 4.17. The summed E-state index contributed by atoms with van der Waals surface area (Å²) in [4.78, 5) is 11.5. The van der Waals surface area contributed by atoms with E-state index in [4.69, 9.17) is 9.84 Å². The summed E-state index contributed by atoms with van der Waals surface area (Å²) >= 11 is 0. The Kier molecular flexibility index (Phi) is 5.12. The summed E-state index contributed by atoms with van der Waals surface area (Å²) in [6, 6.07) is 6.03. The number of benzene rings is 1. The van der Waals surface area contributed by atoms with Gasteiger partial charge in [0.25, 0.3) is 0 Å². The van der Waals surface area contributed by atoms with Crippen molar-refractivity contribution in [2.45, 2.75) is 19.8 Å². The van der Waals surface area contributed by atoms with Crippen molar-refractivity contribution in [2.24, 2.45) is 0 Å². The van der Waals surface area contributed by atoms with Crippen molar-refractivity contribution >= 4 is 5.97 Å². The predicted octanol–water partition coefficient (Wildman–Crippen LogP) is 2.91. The normalized spacial score (nSPS) is 10.6. The van der Waals surface area contributed by atoms with Gasteiger partial charge in [-0.25, -0.2) is 4.79 Å². The maximum absolute atomic E-state index is 11.5. The largest absolute Gasteiger partial charge is 0.508 e. The average Bonchev–Trinajstić information content (AvgIpc) is 2.29. The molecule has 0 aliphatic heterocycles. The quantitative estimate of drug-likeness (QED) is 0.471. The molecular formula is C13H16O3. The van der Waals surface area contributed by atoms with Crippen LogP contribution in [-0.2, 0) is 4.74 Å². The molecule has 0 amide bonds. The SMILES string of the molecule is CC=CCCCOC(=O)c1ccc(O)cc1. The van der Waals surface area contributed by atoms with E-state index in [1.807, 2.05) is 19.1 Å². The molecule has 0 radical (unpaired) electrons. The fourth-order valence-electron chi connectivity index (χ4n) is 1.21. The molecule has 0 saturated carbocycles. The van der Waals surface area contributed by atoms with Gasteiger partial charge >= 0.3 is 5.97 Å². The Hall–Kier alpha value is -1.77. The highest BCUT2D eigenvalue weighted by Gasteiger charge is 2.05. The molecule has 0 atom stereocenters. The molecule has 1 aromatic carbocycles. The molecule has 0 spiro atoms. The number of hydrogen-bond donors (Lipinski definition) is 1. The molecule has 0 saturated heterocycles. The molecule has 86 valence electrons. The minimum Gasteiger partial charge on any atom is -0.508 e. The Morgan fingerprint density at radius 1 is 1.38 bits per heavy atom. The maximum atomic E-state index is 11.5. The van der Waals surface area contributed by atoms with Gasteiger partial charge < -0.3 is 9.84 Å². The van der Waals surface area contributed by atoms with Gasteiger partial charge in [-0.1, -0.05) is 12.2 Å². The van der Waals surface area contributed by atoms with Gasteiger partial charge in [0.15, 0.2) is 0 Å². The molecular weight excluding hydrogens is 204 g/mol. The Bertz CT molecular complexity index is 352. The molecule has 1 aromatic rings. The minimum atomic E-state index is -0.347. The van der Waals surface area contributed by atoms with Gasteiger partial charge in [0.1, 0.15) is 5.75 Å². The summed E-state index contributed by atoms with van der Waals surface area (Å²) < 4.78 is 5.06. The fourth-order valence-corrected chi connectivity index (χ4v) is 1.21. The van der Waals surface area contributed by atoms with Crippen molar-refractivity contribution in [1.29, 1.82) is 0 Å². The van der Waals surface area contributed by atoms with Crippen LogP contribution in [0.2, 0.25) is 0 Å². The van der Waals surface area contributed by atoms with E-state index in [1.54, 1.807) is 12.1 Å². The fraction of sp³-hybridized carbons (Fsp3) is 0.308. The maximum Gasteiger partial charge on any atom is 0.338 e. The summed E-state index contributed by atoms with van der Waals surface area (Å²) in [5.41, 5.74) is 0.462. The van der Waals surface area contributed by atoms with E-state index in [1.165, 1.54) is 12.1 Å². The number of allylic oxidation sites excluding steroid dienone is 2. The number of carbonyl (C=O) groups excluding carboxylic acids is 1. The number of aromatic hydroxyl groups is 1. The number of esters is 1. The van der Waals surface area contributed by atoms with Crippen molar-refractivity contribution in [1.82, 2.24) is 0 Å². The van der Waals surface area contributed by atoms with Crippen molar-refractivity contribution in [3.63, 3.8) is 0 Å². The molecule has 0 aromatic heterocycles. The van der Waals surface area contributed by atoms with E-state index in [0.29, 0.717) is 12.2 Å². The van der Waals surface area contributed by atoms with Crippen molar-refractivity contribution < 1.29 is 14.6 Å². The Morgan fingerprint density at radius 2 is 2.06 bits per heavy atom. The van der Waals surface area contributed by atoms with E-state index in [9.17, 15) is 4.79 Å². The molecule has 0 bridgehead atoms. The molecule has 0 heterocycles. The monoisotopic (exact) mass is 220 g/mol. The molecule has 1 rings (SSSR count). The van der Waals surface area contributed by atoms with E-state index in [0.717, 1.165) is 12.8 Å². The van der Waals surface area contributed by atoms with E-state index in [-0.39, 0.29) is 11.7 Å². The second kappa shape index (κ2) is 6.67. The van der Waals surface area contributed by atoms with Gasteiger partial charge in [0.2, 0.25) is 0 Å². The molecule has 0 unspecified atom stereocenters. The van der Waals surface area contributed by atoms with Crippen molar-refractivity contribution in [3.05, 3.63) is 42.0 Å². The number of ether oxygens (including phenoxy) is 1. The third-order valence-corrected chi connectivity index (χ3v) is 2.09. The molecule has 0 fully saturated rings. The van der Waals surface area contributed by atoms with Crippen LogP contribution in [0.1, 0.15) is 30.1 Å². The second-order valence-corrected chi connectivity index (χ2v) is 3.39. The Morgan fingerprint density at radius 3 is 2.69 bits per heavy atom. The predicted molar refractivity (Wildman–Crippen MR) is 62.4 cm³/mol. The van der Waals surface area contributed by atoms with Gasteiger partial charge in [0, 0.05) is 0 Å². The standard InChI is InChI=1S/C13H16O3/c1-2-3-4-5-10-16-13(15)11-6-8-12(14)9-7-11/h2-3,6-9,14H,4-5,10H2,1H3. The summed E-state index contributed by atoms with van der Waals surface area (Å²) in [7, 11) is 0. The van der Waals surface area contributed by atoms with Crippen LogP contribution in [0.4, 0.5) is 0 Å². The van der Waals surface area contributed by atoms with Crippen LogP contribution in [0.15, 0.2) is 36.4 Å². The molecule has 1 N–H and O–H groups in total. The average molecular weight is 220 g/mol. The highest BCUT2D eigenvalue weighted by atomic mass is 16.5. The highest BCUT2D eigenvalue weighted by Crippen LogP contribution is 2.10. The van der Waals surface area contributed by atoms with Gasteiger partial charge in [0.05, 0.1) is 12.2 Å². The first kappa shape index (κ1) is 12.3.